The monoisotopic (exact) mass is 508 g/mol. The largest absolute Gasteiger partial charge is 0.282 e. The van der Waals surface area contributed by atoms with Gasteiger partial charge in [0.05, 0.1) is 67.8 Å². The normalized spacial score (nSPS) is 12.1. The van der Waals surface area contributed by atoms with Crippen LogP contribution in [0, 0.1) is 0 Å². The molecule has 0 aliphatic rings. The van der Waals surface area contributed by atoms with Crippen molar-refractivity contribution in [3.05, 3.63) is 60.7 Å². The fraction of sp³-hybridized carbons (Fsp3) is 0. The number of aromatic nitrogens is 2. The molecule has 5 aromatic rings. The first-order valence-electron chi connectivity index (χ1n) is 7.04. The zero-order valence-corrected chi connectivity index (χ0v) is 15.7. The van der Waals surface area contributed by atoms with Gasteiger partial charge in [-0.2, -0.15) is 0 Å². The topological polar surface area (TPSA) is 9.86 Å². The van der Waals surface area contributed by atoms with Crippen LogP contribution in [0.25, 0.3) is 43.6 Å². The molecule has 106 valence electrons. The molecule has 0 N–H and O–H groups in total. The van der Waals surface area contributed by atoms with Crippen molar-refractivity contribution in [1.82, 2.24) is 5.56 Å². The maximum atomic E-state index is 2.40. The Morgan fingerprint density at radius 2 is 0.955 bits per heavy atom. The van der Waals surface area contributed by atoms with E-state index in [1.807, 2.05) is 0 Å². The van der Waals surface area contributed by atoms with E-state index in [4.69, 9.17) is 0 Å². The third-order valence-corrected chi connectivity index (χ3v) is 6.43. The standard InChI is InChI=1S/C18H10I2N2/c19-21-15-7-3-1-5-11(15)13-9-14-12-6-2-4-8-16(12)22(20)18(14)10-17(13)21/h1-10H. The number of rotatable bonds is 0. The van der Waals surface area contributed by atoms with Crippen LogP contribution in [0.4, 0.5) is 0 Å². The molecule has 0 bridgehead atoms. The van der Waals surface area contributed by atoms with E-state index in [1.54, 1.807) is 0 Å². The molecule has 0 unspecified atom stereocenters. The van der Waals surface area contributed by atoms with Gasteiger partial charge in [0.15, 0.2) is 0 Å². The molecule has 0 aliphatic heterocycles. The Labute approximate surface area is 154 Å². The summed E-state index contributed by atoms with van der Waals surface area (Å²) in [4.78, 5) is 0. The molecule has 0 spiro atoms. The highest BCUT2D eigenvalue weighted by Crippen LogP contribution is 2.38. The molecular weight excluding hydrogens is 498 g/mol. The predicted molar refractivity (Wildman–Crippen MR) is 111 cm³/mol. The van der Waals surface area contributed by atoms with Gasteiger partial charge in [-0.05, 0) is 24.3 Å². The van der Waals surface area contributed by atoms with E-state index in [-0.39, 0.29) is 0 Å². The van der Waals surface area contributed by atoms with Crippen molar-refractivity contribution >= 4 is 89.3 Å². The molecule has 0 saturated carbocycles. The predicted octanol–water partition coefficient (Wildman–Crippen LogP) is 6.30. The minimum atomic E-state index is 1.27. The van der Waals surface area contributed by atoms with Crippen molar-refractivity contribution in [1.29, 1.82) is 0 Å². The highest BCUT2D eigenvalue weighted by molar-refractivity contribution is 14.1. The van der Waals surface area contributed by atoms with E-state index in [1.165, 1.54) is 43.6 Å². The second-order valence-corrected chi connectivity index (χ2v) is 7.41. The van der Waals surface area contributed by atoms with Crippen LogP contribution in [0.2, 0.25) is 0 Å². The van der Waals surface area contributed by atoms with E-state index in [0.29, 0.717) is 0 Å². The fourth-order valence-corrected chi connectivity index (χ4v) is 4.98. The molecule has 4 heteroatoms. The molecule has 0 amide bonds. The lowest BCUT2D eigenvalue weighted by molar-refractivity contribution is 1.47. The van der Waals surface area contributed by atoms with Gasteiger partial charge in [-0.15, -0.1) is 0 Å². The van der Waals surface area contributed by atoms with Crippen molar-refractivity contribution in [3.63, 3.8) is 0 Å². The summed E-state index contributed by atoms with van der Waals surface area (Å²) in [6.45, 7) is 0. The molecular formula is C18H10I2N2. The summed E-state index contributed by atoms with van der Waals surface area (Å²) in [5, 5.41) is 5.29. The summed E-state index contributed by atoms with van der Waals surface area (Å²) in [7, 11) is 0. The van der Waals surface area contributed by atoms with Gasteiger partial charge in [0, 0.05) is 21.5 Å². The smallest absolute Gasteiger partial charge is 0.0646 e. The first-order valence-corrected chi connectivity index (χ1v) is 8.97. The molecule has 0 fully saturated rings. The number of fused-ring (bicyclic) bond motifs is 6. The van der Waals surface area contributed by atoms with Crippen molar-refractivity contribution in [2.24, 2.45) is 0 Å². The quantitative estimate of drug-likeness (QED) is 0.218. The molecule has 0 aliphatic carbocycles. The van der Waals surface area contributed by atoms with Gasteiger partial charge in [0.2, 0.25) is 0 Å². The molecule has 0 saturated heterocycles. The molecule has 2 nitrogen and oxygen atoms in total. The second-order valence-electron chi connectivity index (χ2n) is 5.48. The van der Waals surface area contributed by atoms with Gasteiger partial charge < -0.3 is 0 Å². The summed E-state index contributed by atoms with van der Waals surface area (Å²) >= 11 is 4.80. The lowest BCUT2D eigenvalue weighted by atomic mass is 10.1. The van der Waals surface area contributed by atoms with E-state index < -0.39 is 0 Å². The number of hydrogen-bond donors (Lipinski definition) is 0. The van der Waals surface area contributed by atoms with Gasteiger partial charge in [0.25, 0.3) is 0 Å². The second kappa shape index (κ2) is 4.61. The molecule has 22 heavy (non-hydrogen) atoms. The molecule has 2 aromatic heterocycles. The van der Waals surface area contributed by atoms with Crippen molar-refractivity contribution in [2.75, 3.05) is 0 Å². The Morgan fingerprint density at radius 1 is 0.500 bits per heavy atom. The van der Waals surface area contributed by atoms with Gasteiger partial charge in [-0.3, -0.25) is 5.56 Å². The van der Waals surface area contributed by atoms with E-state index in [2.05, 4.69) is 112 Å². The fourth-order valence-electron chi connectivity index (χ4n) is 3.34. The number of halogens is 2. The summed E-state index contributed by atoms with van der Waals surface area (Å²) < 4.78 is 4.52. The molecule has 3 aromatic carbocycles. The van der Waals surface area contributed by atoms with Crippen LogP contribution in [0.5, 0.6) is 0 Å². The van der Waals surface area contributed by atoms with Crippen LogP contribution in [0.15, 0.2) is 60.7 Å². The average molecular weight is 508 g/mol. The summed E-state index contributed by atoms with van der Waals surface area (Å²) in [6.07, 6.45) is 0. The van der Waals surface area contributed by atoms with E-state index in [0.717, 1.165) is 0 Å². The minimum Gasteiger partial charge on any atom is -0.282 e. The minimum absolute atomic E-state index is 1.27. The Bertz CT molecular complexity index is 1110. The maximum absolute atomic E-state index is 2.40. The van der Waals surface area contributed by atoms with Crippen molar-refractivity contribution in [3.8, 4) is 0 Å². The maximum Gasteiger partial charge on any atom is 0.0646 e. The van der Waals surface area contributed by atoms with Crippen molar-refractivity contribution < 1.29 is 0 Å². The van der Waals surface area contributed by atoms with Gasteiger partial charge >= 0.3 is 0 Å². The molecule has 0 radical (unpaired) electrons. The van der Waals surface area contributed by atoms with Crippen LogP contribution >= 0.6 is 45.7 Å². The number of benzene rings is 3. The first-order chi connectivity index (χ1) is 10.8. The van der Waals surface area contributed by atoms with Crippen LogP contribution in [0.3, 0.4) is 0 Å². The lowest BCUT2D eigenvalue weighted by Gasteiger charge is -1.98. The van der Waals surface area contributed by atoms with E-state index >= 15 is 0 Å². The third kappa shape index (κ3) is 1.59. The van der Waals surface area contributed by atoms with Crippen LogP contribution in [-0.2, 0) is 0 Å². The number of hydrogen-bond acceptors (Lipinski definition) is 0. The first kappa shape index (κ1) is 13.2. The SMILES string of the molecule is In1c2ccccc2c2cc3c4ccccc4n(I)c3cc21. The zero-order valence-electron chi connectivity index (χ0n) is 11.4. The van der Waals surface area contributed by atoms with Gasteiger partial charge in [-0.1, -0.05) is 36.4 Å². The molecule has 2 heterocycles. The van der Waals surface area contributed by atoms with Gasteiger partial charge in [0.1, 0.15) is 0 Å². The lowest BCUT2D eigenvalue weighted by Crippen LogP contribution is -1.80. The van der Waals surface area contributed by atoms with Gasteiger partial charge in [-0.25, -0.2) is 0 Å². The average Bonchev–Trinajstić information content (AvgIpc) is 3.01. The summed E-state index contributed by atoms with van der Waals surface area (Å²) in [6, 6.07) is 21.9. The molecule has 5 rings (SSSR count). The Kier molecular flexibility index (Phi) is 2.76. The van der Waals surface area contributed by atoms with Crippen LogP contribution < -0.4 is 0 Å². The zero-order chi connectivity index (χ0) is 14.8. The Hall–Kier alpha value is -1.28. The van der Waals surface area contributed by atoms with Crippen LogP contribution in [-0.4, -0.2) is 5.56 Å². The summed E-state index contributed by atoms with van der Waals surface area (Å²) in [5.41, 5.74) is 5.09. The number of nitrogens with zero attached hydrogens (tertiary/aromatic N) is 2. The number of para-hydroxylation sites is 2. The highest BCUT2D eigenvalue weighted by Gasteiger charge is 2.14. The van der Waals surface area contributed by atoms with Crippen molar-refractivity contribution in [2.45, 2.75) is 0 Å². The highest BCUT2D eigenvalue weighted by atomic mass is 127. The Balaban J connectivity index is 2.11. The molecule has 0 atom stereocenters. The summed E-state index contributed by atoms with van der Waals surface area (Å²) in [5.74, 6) is 0. The Morgan fingerprint density at radius 3 is 1.45 bits per heavy atom. The van der Waals surface area contributed by atoms with E-state index in [9.17, 15) is 0 Å². The third-order valence-electron chi connectivity index (χ3n) is 4.35. The van der Waals surface area contributed by atoms with Crippen LogP contribution in [0.1, 0.15) is 0 Å².